The van der Waals surface area contributed by atoms with Crippen molar-refractivity contribution in [1.82, 2.24) is 4.72 Å². The van der Waals surface area contributed by atoms with Crippen LogP contribution in [-0.2, 0) is 19.5 Å². The Morgan fingerprint density at radius 2 is 1.61 bits per heavy atom. The number of hydrogen-bond acceptors (Lipinski definition) is 4. The van der Waals surface area contributed by atoms with E-state index in [9.17, 15) is 30.4 Å². The van der Waals surface area contributed by atoms with Crippen molar-refractivity contribution in [3.63, 3.8) is 0 Å². The third kappa shape index (κ3) is 4.63. The monoisotopic (exact) mass is 301 g/mol. The molecule has 0 aromatic carbocycles. The van der Waals surface area contributed by atoms with Gasteiger partial charge in [0.1, 0.15) is 0 Å². The summed E-state index contributed by atoms with van der Waals surface area (Å²) in [5.74, 6) is 0. The molecule has 0 aliphatic rings. The lowest BCUT2D eigenvalue weighted by Crippen LogP contribution is -2.50. The maximum absolute atomic E-state index is 12.5. The maximum atomic E-state index is 12.5. The highest BCUT2D eigenvalue weighted by Crippen LogP contribution is 2.39. The maximum Gasteiger partial charge on any atom is 0.470 e. The molecule has 1 N–H and O–H groups in total. The summed E-state index contributed by atoms with van der Waals surface area (Å²) in [4.78, 5) is 0. The van der Waals surface area contributed by atoms with Gasteiger partial charge in [0.25, 0.3) is 10.0 Å². The molecule has 11 heteroatoms. The third-order valence-corrected chi connectivity index (χ3v) is 3.13. The van der Waals surface area contributed by atoms with E-state index in [1.165, 1.54) is 7.11 Å². The molecule has 0 heterocycles. The van der Waals surface area contributed by atoms with Crippen molar-refractivity contribution in [2.45, 2.75) is 11.4 Å². The molecule has 0 atom stereocenters. The van der Waals surface area contributed by atoms with Gasteiger partial charge in [-0.25, -0.2) is 13.1 Å². The van der Waals surface area contributed by atoms with Crippen molar-refractivity contribution in [1.29, 1.82) is 0 Å². The topological polar surface area (TPSA) is 64.6 Å². The van der Waals surface area contributed by atoms with Crippen LogP contribution in [0.25, 0.3) is 0 Å². The summed E-state index contributed by atoms with van der Waals surface area (Å²) in [6.45, 7) is -0.798. The van der Waals surface area contributed by atoms with Gasteiger partial charge in [-0.3, -0.25) is 0 Å². The van der Waals surface area contributed by atoms with Crippen molar-refractivity contribution in [2.24, 2.45) is 0 Å². The van der Waals surface area contributed by atoms with E-state index in [4.69, 9.17) is 0 Å². The van der Waals surface area contributed by atoms with Crippen LogP contribution >= 0.6 is 0 Å². The molecule has 0 radical (unpaired) electrons. The van der Waals surface area contributed by atoms with Gasteiger partial charge < -0.3 is 9.47 Å². The van der Waals surface area contributed by atoms with Crippen LogP contribution in [0.4, 0.5) is 22.0 Å². The van der Waals surface area contributed by atoms with Crippen LogP contribution in [0.2, 0.25) is 0 Å². The number of methoxy groups -OCH3 is 1. The summed E-state index contributed by atoms with van der Waals surface area (Å²) in [6, 6.07) is 0. The van der Waals surface area contributed by atoms with E-state index in [1.54, 1.807) is 0 Å². The van der Waals surface area contributed by atoms with Gasteiger partial charge >= 0.3 is 11.4 Å². The molecular weight excluding hydrogens is 289 g/mol. The number of rotatable bonds is 8. The lowest BCUT2D eigenvalue weighted by atomic mass is 10.7. The van der Waals surface area contributed by atoms with Crippen LogP contribution in [0.3, 0.4) is 0 Å². The van der Waals surface area contributed by atoms with E-state index in [-0.39, 0.29) is 19.8 Å². The van der Waals surface area contributed by atoms with E-state index in [0.29, 0.717) is 0 Å². The first-order valence-corrected chi connectivity index (χ1v) is 6.05. The Bertz CT molecular complexity index is 342. The van der Waals surface area contributed by atoms with Gasteiger partial charge in [0, 0.05) is 13.7 Å². The summed E-state index contributed by atoms with van der Waals surface area (Å²) in [5.41, 5.74) is 0. The smallest absolute Gasteiger partial charge is 0.382 e. The van der Waals surface area contributed by atoms with Gasteiger partial charge in [0.05, 0.1) is 19.8 Å². The molecule has 0 saturated carbocycles. The van der Waals surface area contributed by atoms with Crippen LogP contribution < -0.4 is 4.72 Å². The van der Waals surface area contributed by atoms with Crippen molar-refractivity contribution in [3.05, 3.63) is 0 Å². The quantitative estimate of drug-likeness (QED) is 0.530. The Morgan fingerprint density at radius 1 is 1.06 bits per heavy atom. The van der Waals surface area contributed by atoms with E-state index in [0.717, 1.165) is 4.72 Å². The Kier molecular flexibility index (Phi) is 6.40. The number of ether oxygens (including phenoxy) is 2. The molecule has 0 bridgehead atoms. The zero-order valence-corrected chi connectivity index (χ0v) is 10.1. The van der Waals surface area contributed by atoms with Crippen molar-refractivity contribution >= 4 is 10.0 Å². The van der Waals surface area contributed by atoms with Crippen molar-refractivity contribution in [2.75, 3.05) is 33.5 Å². The first-order valence-electron chi connectivity index (χ1n) is 4.56. The van der Waals surface area contributed by atoms with Gasteiger partial charge in [0.15, 0.2) is 0 Å². The minimum absolute atomic E-state index is 0.0634. The van der Waals surface area contributed by atoms with E-state index < -0.39 is 28.0 Å². The molecule has 110 valence electrons. The van der Waals surface area contributed by atoms with Crippen LogP contribution in [-0.4, -0.2) is 53.3 Å². The molecule has 0 fully saturated rings. The van der Waals surface area contributed by atoms with Crippen LogP contribution in [0, 0.1) is 0 Å². The van der Waals surface area contributed by atoms with Crippen molar-refractivity contribution < 1.29 is 39.8 Å². The predicted octanol–water partition coefficient (Wildman–Crippen LogP) is 0.724. The fourth-order valence-corrected chi connectivity index (χ4v) is 1.57. The Balaban J connectivity index is 4.25. The fourth-order valence-electron chi connectivity index (χ4n) is 0.736. The first kappa shape index (κ1) is 17.5. The molecule has 18 heavy (non-hydrogen) atoms. The summed E-state index contributed by atoms with van der Waals surface area (Å²) < 4.78 is 92.2. The Hall–Kier alpha value is -0.520. The molecule has 0 spiro atoms. The molecule has 0 aliphatic carbocycles. The van der Waals surface area contributed by atoms with E-state index in [2.05, 4.69) is 9.47 Å². The van der Waals surface area contributed by atoms with Gasteiger partial charge in [-0.15, -0.1) is 0 Å². The number of halogens is 5. The average molecular weight is 301 g/mol. The minimum Gasteiger partial charge on any atom is -0.382 e. The second kappa shape index (κ2) is 6.59. The summed E-state index contributed by atoms with van der Waals surface area (Å²) in [6.07, 6.45) is -6.17. The highest BCUT2D eigenvalue weighted by molar-refractivity contribution is 7.90. The predicted molar refractivity (Wildman–Crippen MR) is 50.6 cm³/mol. The van der Waals surface area contributed by atoms with Crippen LogP contribution in [0.1, 0.15) is 0 Å². The summed E-state index contributed by atoms with van der Waals surface area (Å²) >= 11 is 0. The molecular formula is C7H12F5NO4S. The van der Waals surface area contributed by atoms with Crippen LogP contribution in [0.5, 0.6) is 0 Å². The summed E-state index contributed by atoms with van der Waals surface area (Å²) in [7, 11) is -4.46. The lowest BCUT2D eigenvalue weighted by Gasteiger charge is -2.19. The average Bonchev–Trinajstić information content (AvgIpc) is 2.21. The highest BCUT2D eigenvalue weighted by atomic mass is 32.2. The second-order valence-corrected chi connectivity index (χ2v) is 4.83. The Labute approximate surface area is 100 Å². The zero-order valence-electron chi connectivity index (χ0n) is 9.26. The van der Waals surface area contributed by atoms with Gasteiger partial charge in [-0.2, -0.15) is 22.0 Å². The molecule has 0 unspecified atom stereocenters. The largest absolute Gasteiger partial charge is 0.470 e. The third-order valence-electron chi connectivity index (χ3n) is 1.64. The molecule has 0 aromatic heterocycles. The summed E-state index contributed by atoms with van der Waals surface area (Å²) in [5, 5.41) is -5.84. The Morgan fingerprint density at radius 3 is 2.06 bits per heavy atom. The highest BCUT2D eigenvalue weighted by Gasteiger charge is 2.67. The number of sulfonamides is 1. The van der Waals surface area contributed by atoms with Gasteiger partial charge in [-0.1, -0.05) is 0 Å². The zero-order chi connectivity index (χ0) is 14.4. The standard InChI is InChI=1S/C7H12F5NO4S/c1-16-4-5-17-3-2-13-18(14,15)7(11,12)6(8,9)10/h13H,2-5H2,1H3. The molecule has 0 amide bonds. The number of nitrogens with one attached hydrogen (secondary N) is 1. The van der Waals surface area contributed by atoms with Crippen molar-refractivity contribution in [3.8, 4) is 0 Å². The second-order valence-electron chi connectivity index (χ2n) is 3.02. The number of hydrogen-bond donors (Lipinski definition) is 1. The molecule has 5 nitrogen and oxygen atoms in total. The molecule has 0 rings (SSSR count). The number of alkyl halides is 5. The van der Waals surface area contributed by atoms with E-state index >= 15 is 0 Å². The van der Waals surface area contributed by atoms with Gasteiger partial charge in [-0.05, 0) is 0 Å². The molecule has 0 aromatic rings. The normalized spacial score (nSPS) is 13.9. The SMILES string of the molecule is COCCOCCNS(=O)(=O)C(F)(F)C(F)(F)F. The van der Waals surface area contributed by atoms with Crippen LogP contribution in [0.15, 0.2) is 0 Å². The molecule has 0 saturated heterocycles. The lowest BCUT2D eigenvalue weighted by molar-refractivity contribution is -0.241. The van der Waals surface area contributed by atoms with E-state index in [1.807, 2.05) is 0 Å². The van der Waals surface area contributed by atoms with Gasteiger partial charge in [0.2, 0.25) is 0 Å². The fraction of sp³-hybridized carbons (Fsp3) is 1.00. The minimum atomic E-state index is -6.17. The first-order chi connectivity index (χ1) is 8.06. The molecule has 0 aliphatic heterocycles.